The second kappa shape index (κ2) is 4.18. The molecule has 0 aliphatic heterocycles. The van der Waals surface area contributed by atoms with Crippen molar-refractivity contribution in [1.82, 2.24) is 0 Å². The molecule has 0 unspecified atom stereocenters. The van der Waals surface area contributed by atoms with Gasteiger partial charge in [-0.3, -0.25) is 0 Å². The fourth-order valence-electron chi connectivity index (χ4n) is 2.38. The van der Waals surface area contributed by atoms with E-state index in [1.807, 2.05) is 0 Å². The van der Waals surface area contributed by atoms with Crippen molar-refractivity contribution in [2.75, 3.05) is 6.61 Å². The van der Waals surface area contributed by atoms with Crippen molar-refractivity contribution in [3.05, 3.63) is 30.3 Å². The van der Waals surface area contributed by atoms with Crippen molar-refractivity contribution in [1.29, 1.82) is 0 Å². The summed E-state index contributed by atoms with van der Waals surface area (Å²) in [6, 6.07) is 8.43. The molecule has 1 aromatic rings. The lowest BCUT2D eigenvalue weighted by molar-refractivity contribution is 0.242. The van der Waals surface area contributed by atoms with E-state index in [2.05, 4.69) is 0 Å². The van der Waals surface area contributed by atoms with Crippen molar-refractivity contribution in [3.8, 4) is 0 Å². The largest absolute Gasteiger partial charge is 0.395 e. The van der Waals surface area contributed by atoms with Crippen LogP contribution in [-0.2, 0) is 9.84 Å². The molecular formula is C12H16O3S. The molecular weight excluding hydrogens is 224 g/mol. The van der Waals surface area contributed by atoms with E-state index in [1.165, 1.54) is 0 Å². The van der Waals surface area contributed by atoms with E-state index in [0.29, 0.717) is 17.7 Å². The van der Waals surface area contributed by atoms with Crippen molar-refractivity contribution in [2.24, 2.45) is 0 Å². The van der Waals surface area contributed by atoms with Gasteiger partial charge in [-0.1, -0.05) is 31.0 Å². The van der Waals surface area contributed by atoms with Crippen LogP contribution in [0.3, 0.4) is 0 Å². The van der Waals surface area contributed by atoms with Crippen LogP contribution >= 0.6 is 0 Å². The van der Waals surface area contributed by atoms with Gasteiger partial charge < -0.3 is 5.11 Å². The molecule has 2 rings (SSSR count). The predicted molar refractivity (Wildman–Crippen MR) is 61.9 cm³/mol. The first-order valence-electron chi connectivity index (χ1n) is 5.53. The lowest BCUT2D eigenvalue weighted by Crippen LogP contribution is -2.39. The number of sulfone groups is 1. The molecule has 1 fully saturated rings. The summed E-state index contributed by atoms with van der Waals surface area (Å²) in [5.74, 6) is 0. The Bertz CT molecular complexity index is 444. The Hall–Kier alpha value is -0.870. The maximum atomic E-state index is 12.4. The summed E-state index contributed by atoms with van der Waals surface area (Å²) in [6.07, 6.45) is 2.90. The fourth-order valence-corrected chi connectivity index (χ4v) is 4.39. The summed E-state index contributed by atoms with van der Waals surface area (Å²) >= 11 is 0. The number of hydrogen-bond donors (Lipinski definition) is 1. The summed E-state index contributed by atoms with van der Waals surface area (Å²) in [7, 11) is -3.40. The third-order valence-electron chi connectivity index (χ3n) is 3.43. The molecule has 0 saturated heterocycles. The minimum atomic E-state index is -3.40. The maximum absolute atomic E-state index is 12.4. The minimum Gasteiger partial charge on any atom is -0.395 e. The molecule has 4 heteroatoms. The molecule has 1 saturated carbocycles. The Balaban J connectivity index is 2.46. The number of rotatable bonds is 3. The highest BCUT2D eigenvalue weighted by Crippen LogP contribution is 2.39. The van der Waals surface area contributed by atoms with E-state index in [4.69, 9.17) is 0 Å². The molecule has 0 radical (unpaired) electrons. The zero-order valence-corrected chi connectivity index (χ0v) is 9.91. The Morgan fingerprint density at radius 2 is 1.69 bits per heavy atom. The summed E-state index contributed by atoms with van der Waals surface area (Å²) in [6.45, 7) is -0.274. The average Bonchev–Trinajstić information content (AvgIpc) is 2.80. The molecule has 0 bridgehead atoms. The molecule has 3 nitrogen and oxygen atoms in total. The smallest absolute Gasteiger partial charge is 0.186 e. The van der Waals surface area contributed by atoms with Gasteiger partial charge in [0.2, 0.25) is 0 Å². The first-order chi connectivity index (χ1) is 7.62. The number of hydrogen-bond acceptors (Lipinski definition) is 3. The van der Waals surface area contributed by atoms with Gasteiger partial charge in [-0.2, -0.15) is 0 Å². The van der Waals surface area contributed by atoms with Crippen molar-refractivity contribution in [3.63, 3.8) is 0 Å². The second-order valence-electron chi connectivity index (χ2n) is 4.36. The molecule has 0 spiro atoms. The number of aliphatic hydroxyl groups is 1. The van der Waals surface area contributed by atoms with Crippen molar-refractivity contribution < 1.29 is 13.5 Å². The lowest BCUT2D eigenvalue weighted by atomic mass is 10.1. The lowest BCUT2D eigenvalue weighted by Gasteiger charge is -2.26. The molecule has 88 valence electrons. The van der Waals surface area contributed by atoms with Gasteiger partial charge in [-0.05, 0) is 25.0 Å². The fraction of sp³-hybridized carbons (Fsp3) is 0.500. The van der Waals surface area contributed by atoms with Gasteiger partial charge in [0, 0.05) is 0 Å². The van der Waals surface area contributed by atoms with E-state index in [1.54, 1.807) is 30.3 Å². The van der Waals surface area contributed by atoms with Gasteiger partial charge in [0.15, 0.2) is 9.84 Å². The van der Waals surface area contributed by atoms with E-state index >= 15 is 0 Å². The van der Waals surface area contributed by atoms with Crippen LogP contribution in [0.1, 0.15) is 25.7 Å². The standard InChI is InChI=1S/C12H16O3S/c13-10-12(8-4-5-9-12)16(14,15)11-6-2-1-3-7-11/h1-3,6-7,13H,4-5,8-10H2. The SMILES string of the molecule is O=S(=O)(c1ccccc1)C1(CO)CCCC1. The zero-order chi connectivity index (χ0) is 11.6. The van der Waals surface area contributed by atoms with Crippen LogP contribution in [0.5, 0.6) is 0 Å². The number of benzene rings is 1. The van der Waals surface area contributed by atoms with Gasteiger partial charge in [-0.15, -0.1) is 0 Å². The van der Waals surface area contributed by atoms with Crippen LogP contribution in [0, 0.1) is 0 Å². The Kier molecular flexibility index (Phi) is 3.04. The highest BCUT2D eigenvalue weighted by Gasteiger charge is 2.46. The predicted octanol–water partition coefficient (Wildman–Crippen LogP) is 1.77. The first-order valence-corrected chi connectivity index (χ1v) is 7.01. The molecule has 16 heavy (non-hydrogen) atoms. The Morgan fingerprint density at radius 3 is 2.19 bits per heavy atom. The summed E-state index contributed by atoms with van der Waals surface area (Å²) in [5.41, 5.74) is 0. The summed E-state index contributed by atoms with van der Waals surface area (Å²) in [5, 5.41) is 9.43. The van der Waals surface area contributed by atoms with Gasteiger partial charge in [0.1, 0.15) is 0 Å². The number of aliphatic hydroxyl groups excluding tert-OH is 1. The Labute approximate surface area is 96.0 Å². The first kappa shape index (κ1) is 11.6. The third kappa shape index (κ3) is 1.66. The van der Waals surface area contributed by atoms with Crippen molar-refractivity contribution >= 4 is 9.84 Å². The molecule has 0 heterocycles. The van der Waals surface area contributed by atoms with E-state index in [9.17, 15) is 13.5 Å². The normalized spacial score (nSPS) is 19.8. The van der Waals surface area contributed by atoms with E-state index in [-0.39, 0.29) is 6.61 Å². The van der Waals surface area contributed by atoms with Gasteiger partial charge in [-0.25, -0.2) is 8.42 Å². The van der Waals surface area contributed by atoms with Crippen molar-refractivity contribution in [2.45, 2.75) is 35.3 Å². The molecule has 1 aliphatic rings. The molecule has 1 aliphatic carbocycles. The summed E-state index contributed by atoms with van der Waals surface area (Å²) < 4.78 is 23.9. The maximum Gasteiger partial charge on any atom is 0.186 e. The van der Waals surface area contributed by atoms with Crippen LogP contribution in [0.15, 0.2) is 35.2 Å². The van der Waals surface area contributed by atoms with Crippen LogP contribution < -0.4 is 0 Å². The highest BCUT2D eigenvalue weighted by atomic mass is 32.2. The van der Waals surface area contributed by atoms with E-state index in [0.717, 1.165) is 12.8 Å². The molecule has 1 aromatic carbocycles. The summed E-state index contributed by atoms with van der Waals surface area (Å²) in [4.78, 5) is 0.325. The molecule has 0 atom stereocenters. The van der Waals surface area contributed by atoms with Crippen LogP contribution in [-0.4, -0.2) is 24.9 Å². The van der Waals surface area contributed by atoms with Crippen LogP contribution in [0.25, 0.3) is 0 Å². The van der Waals surface area contributed by atoms with Gasteiger partial charge in [0.25, 0.3) is 0 Å². The molecule has 1 N–H and O–H groups in total. The Morgan fingerprint density at radius 1 is 1.12 bits per heavy atom. The van der Waals surface area contributed by atoms with E-state index < -0.39 is 14.6 Å². The van der Waals surface area contributed by atoms with Gasteiger partial charge in [0.05, 0.1) is 16.2 Å². The van der Waals surface area contributed by atoms with Crippen LogP contribution in [0.2, 0.25) is 0 Å². The topological polar surface area (TPSA) is 54.4 Å². The minimum absolute atomic E-state index is 0.274. The van der Waals surface area contributed by atoms with Crippen LogP contribution in [0.4, 0.5) is 0 Å². The zero-order valence-electron chi connectivity index (χ0n) is 9.09. The van der Waals surface area contributed by atoms with Gasteiger partial charge >= 0.3 is 0 Å². The highest BCUT2D eigenvalue weighted by molar-refractivity contribution is 7.92. The monoisotopic (exact) mass is 240 g/mol. The second-order valence-corrected chi connectivity index (χ2v) is 6.71. The molecule has 0 amide bonds. The average molecular weight is 240 g/mol. The molecule has 0 aromatic heterocycles. The quantitative estimate of drug-likeness (QED) is 0.876. The third-order valence-corrected chi connectivity index (χ3v) is 6.00.